The van der Waals surface area contributed by atoms with Gasteiger partial charge < -0.3 is 21.6 Å². The minimum atomic E-state index is -0.486. The number of nitrogens with one attached hydrogen (secondary N) is 2. The molecule has 0 aliphatic rings. The highest BCUT2D eigenvalue weighted by Crippen LogP contribution is 2.08. The molecule has 0 bridgehead atoms. The molecule has 0 saturated heterocycles. The number of oxime groups is 1. The van der Waals surface area contributed by atoms with E-state index in [9.17, 15) is 4.79 Å². The molecule has 2 amide bonds. The maximum Gasteiger partial charge on any atom is 0.319 e. The van der Waals surface area contributed by atoms with E-state index in [2.05, 4.69) is 15.8 Å². The van der Waals surface area contributed by atoms with Crippen molar-refractivity contribution in [3.05, 3.63) is 29.8 Å². The molecule has 1 atom stereocenters. The number of benzene rings is 1. The zero-order valence-electron chi connectivity index (χ0n) is 10.5. The number of nitrogens with two attached hydrogens (primary N) is 1. The number of hydrogen-bond acceptors (Lipinski definition) is 3. The summed E-state index contributed by atoms with van der Waals surface area (Å²) in [6.07, 6.45) is 0.539. The number of nitrogens with zero attached hydrogens (tertiary/aromatic N) is 1. The summed E-state index contributed by atoms with van der Waals surface area (Å²) in [4.78, 5) is 11.7. The van der Waals surface area contributed by atoms with Gasteiger partial charge in [-0.3, -0.25) is 0 Å². The van der Waals surface area contributed by atoms with Crippen molar-refractivity contribution in [1.29, 1.82) is 0 Å². The highest BCUT2D eigenvalue weighted by atomic mass is 16.4. The Balaban J connectivity index is 2.58. The molecule has 18 heavy (non-hydrogen) atoms. The van der Waals surface area contributed by atoms with Crippen LogP contribution in [0.25, 0.3) is 0 Å². The molecule has 98 valence electrons. The van der Waals surface area contributed by atoms with Crippen LogP contribution in [0, 0.1) is 6.92 Å². The molecule has 0 saturated carbocycles. The zero-order valence-corrected chi connectivity index (χ0v) is 10.5. The highest BCUT2D eigenvalue weighted by Gasteiger charge is 2.14. The van der Waals surface area contributed by atoms with Crippen LogP contribution in [0.3, 0.4) is 0 Å². The Morgan fingerprint density at radius 3 is 2.56 bits per heavy atom. The molecule has 0 aliphatic heterocycles. The first-order valence-electron chi connectivity index (χ1n) is 5.68. The smallest absolute Gasteiger partial charge is 0.319 e. The van der Waals surface area contributed by atoms with Crippen LogP contribution in [0.1, 0.15) is 18.9 Å². The van der Waals surface area contributed by atoms with Crippen LogP contribution >= 0.6 is 0 Å². The predicted octanol–water partition coefficient (Wildman–Crippen LogP) is 1.64. The van der Waals surface area contributed by atoms with Gasteiger partial charge in [-0.1, -0.05) is 29.8 Å². The Morgan fingerprint density at radius 1 is 1.44 bits per heavy atom. The van der Waals surface area contributed by atoms with Crippen LogP contribution in [-0.4, -0.2) is 23.1 Å². The Kier molecular flexibility index (Phi) is 4.98. The molecule has 0 fully saturated rings. The van der Waals surface area contributed by atoms with Crippen LogP contribution in [0.4, 0.5) is 10.5 Å². The number of hydrogen-bond donors (Lipinski definition) is 4. The molecule has 1 aromatic rings. The highest BCUT2D eigenvalue weighted by molar-refractivity contribution is 5.94. The van der Waals surface area contributed by atoms with Crippen molar-refractivity contribution in [1.82, 2.24) is 5.32 Å². The van der Waals surface area contributed by atoms with Crippen molar-refractivity contribution in [3.8, 4) is 0 Å². The standard InChI is InChI=1S/C12H18N4O2/c1-3-10(11(13)16-18)15-12(17)14-9-6-4-8(2)5-7-9/h4-7,10,18H,3H2,1-2H3,(H2,13,16)(H2,14,15,17). The van der Waals surface area contributed by atoms with Gasteiger partial charge in [0.1, 0.15) is 0 Å². The van der Waals surface area contributed by atoms with E-state index in [4.69, 9.17) is 10.9 Å². The Bertz CT molecular complexity index is 428. The van der Waals surface area contributed by atoms with Gasteiger partial charge in [-0.15, -0.1) is 0 Å². The van der Waals surface area contributed by atoms with Gasteiger partial charge in [-0.2, -0.15) is 0 Å². The SMILES string of the molecule is CCC(NC(=O)Nc1ccc(C)cc1)/C(N)=N/O. The molecular formula is C12H18N4O2. The van der Waals surface area contributed by atoms with Gasteiger partial charge >= 0.3 is 6.03 Å². The van der Waals surface area contributed by atoms with Gasteiger partial charge in [-0.05, 0) is 25.5 Å². The molecule has 6 nitrogen and oxygen atoms in total. The molecule has 0 aromatic heterocycles. The Morgan fingerprint density at radius 2 is 2.06 bits per heavy atom. The van der Waals surface area contributed by atoms with Crippen molar-refractivity contribution >= 4 is 17.6 Å². The fraction of sp³-hybridized carbons (Fsp3) is 0.333. The lowest BCUT2D eigenvalue weighted by Crippen LogP contribution is -2.45. The van der Waals surface area contributed by atoms with Crippen molar-refractivity contribution in [2.75, 3.05) is 5.32 Å². The van der Waals surface area contributed by atoms with Gasteiger partial charge in [0.05, 0.1) is 6.04 Å². The van der Waals surface area contributed by atoms with Crippen molar-refractivity contribution < 1.29 is 10.0 Å². The molecular weight excluding hydrogens is 232 g/mol. The third-order valence-electron chi connectivity index (χ3n) is 2.50. The van der Waals surface area contributed by atoms with E-state index in [1.54, 1.807) is 12.1 Å². The average molecular weight is 250 g/mol. The van der Waals surface area contributed by atoms with E-state index in [1.807, 2.05) is 26.0 Å². The molecule has 0 spiro atoms. The van der Waals surface area contributed by atoms with Crippen molar-refractivity contribution in [2.45, 2.75) is 26.3 Å². The number of amides is 2. The van der Waals surface area contributed by atoms with E-state index in [-0.39, 0.29) is 5.84 Å². The molecule has 1 unspecified atom stereocenters. The molecule has 5 N–H and O–H groups in total. The summed E-state index contributed by atoms with van der Waals surface area (Å²) < 4.78 is 0. The third kappa shape index (κ3) is 3.97. The Hall–Kier alpha value is -2.24. The van der Waals surface area contributed by atoms with Crippen molar-refractivity contribution in [3.63, 3.8) is 0 Å². The fourth-order valence-corrected chi connectivity index (χ4v) is 1.42. The lowest BCUT2D eigenvalue weighted by molar-refractivity contribution is 0.250. The van der Waals surface area contributed by atoms with Gasteiger partial charge in [0.25, 0.3) is 0 Å². The largest absolute Gasteiger partial charge is 0.409 e. The summed E-state index contributed by atoms with van der Waals surface area (Å²) in [6.45, 7) is 3.80. The minimum Gasteiger partial charge on any atom is -0.409 e. The van der Waals surface area contributed by atoms with Crippen LogP contribution in [0.2, 0.25) is 0 Å². The summed E-state index contributed by atoms with van der Waals surface area (Å²) in [6, 6.07) is 6.53. The van der Waals surface area contributed by atoms with Crippen LogP contribution in [0.15, 0.2) is 29.4 Å². The maximum absolute atomic E-state index is 11.7. The van der Waals surface area contributed by atoms with Gasteiger partial charge in [0.2, 0.25) is 0 Å². The molecule has 6 heteroatoms. The number of urea groups is 1. The van der Waals surface area contributed by atoms with Gasteiger partial charge in [0, 0.05) is 5.69 Å². The molecule has 0 heterocycles. The molecule has 0 radical (unpaired) electrons. The first-order chi connectivity index (χ1) is 8.56. The summed E-state index contributed by atoms with van der Waals surface area (Å²) >= 11 is 0. The molecule has 0 aliphatic carbocycles. The number of carbonyl (C=O) groups is 1. The third-order valence-corrected chi connectivity index (χ3v) is 2.50. The fourth-order valence-electron chi connectivity index (χ4n) is 1.42. The van der Waals surface area contributed by atoms with Crippen LogP contribution in [0.5, 0.6) is 0 Å². The number of rotatable bonds is 4. The quantitative estimate of drug-likeness (QED) is 0.283. The van der Waals surface area contributed by atoms with Gasteiger partial charge in [0.15, 0.2) is 5.84 Å². The number of carbonyl (C=O) groups excluding carboxylic acids is 1. The van der Waals surface area contributed by atoms with E-state index in [0.29, 0.717) is 12.1 Å². The molecule has 1 aromatic carbocycles. The lowest BCUT2D eigenvalue weighted by atomic mass is 10.2. The first kappa shape index (κ1) is 13.8. The predicted molar refractivity (Wildman–Crippen MR) is 70.8 cm³/mol. The van der Waals surface area contributed by atoms with E-state index in [0.717, 1.165) is 5.56 Å². The average Bonchev–Trinajstić information content (AvgIpc) is 2.37. The second-order valence-corrected chi connectivity index (χ2v) is 3.95. The van der Waals surface area contributed by atoms with Crippen LogP contribution in [-0.2, 0) is 0 Å². The van der Waals surface area contributed by atoms with Gasteiger partial charge in [-0.25, -0.2) is 4.79 Å². The number of aryl methyl sites for hydroxylation is 1. The minimum absolute atomic E-state index is 0.0171. The zero-order chi connectivity index (χ0) is 13.5. The lowest BCUT2D eigenvalue weighted by Gasteiger charge is -2.15. The van der Waals surface area contributed by atoms with E-state index >= 15 is 0 Å². The maximum atomic E-state index is 11.7. The normalized spacial score (nSPS) is 12.9. The van der Waals surface area contributed by atoms with Crippen LogP contribution < -0.4 is 16.4 Å². The summed E-state index contributed by atoms with van der Waals surface area (Å²) in [5.74, 6) is -0.0171. The Labute approximate surface area is 106 Å². The molecule has 1 rings (SSSR count). The number of amidine groups is 1. The second-order valence-electron chi connectivity index (χ2n) is 3.95. The van der Waals surface area contributed by atoms with E-state index < -0.39 is 12.1 Å². The topological polar surface area (TPSA) is 99.7 Å². The first-order valence-corrected chi connectivity index (χ1v) is 5.68. The monoisotopic (exact) mass is 250 g/mol. The number of anilines is 1. The summed E-state index contributed by atoms with van der Waals surface area (Å²) in [5, 5.41) is 16.7. The van der Waals surface area contributed by atoms with E-state index in [1.165, 1.54) is 0 Å². The summed E-state index contributed by atoms with van der Waals surface area (Å²) in [5.41, 5.74) is 7.25. The second kappa shape index (κ2) is 6.48. The summed E-state index contributed by atoms with van der Waals surface area (Å²) in [7, 11) is 0. The van der Waals surface area contributed by atoms with Crippen molar-refractivity contribution in [2.24, 2.45) is 10.9 Å².